The third kappa shape index (κ3) is 3.84. The van der Waals surface area contributed by atoms with Gasteiger partial charge in [0.2, 0.25) is 0 Å². The van der Waals surface area contributed by atoms with Crippen LogP contribution in [0.4, 0.5) is 13.2 Å². The van der Waals surface area contributed by atoms with Gasteiger partial charge in [-0.25, -0.2) is 0 Å². The zero-order chi connectivity index (χ0) is 10.6. The minimum atomic E-state index is -4.48. The second-order valence-electron chi connectivity index (χ2n) is 3.62. The highest BCUT2D eigenvalue weighted by molar-refractivity contribution is 4.69. The normalized spacial score (nSPS) is 25.3. The maximum atomic E-state index is 11.9. The number of hydrogen-bond donors (Lipinski definition) is 1. The Labute approximate surface area is 81.1 Å². The number of aliphatic hydroxyl groups excluding tert-OH is 1. The Bertz CT molecular complexity index is 164. The lowest BCUT2D eigenvalue weighted by atomic mass is 10.1. The van der Waals surface area contributed by atoms with E-state index in [9.17, 15) is 13.2 Å². The molecule has 14 heavy (non-hydrogen) atoms. The molecule has 0 radical (unpaired) electrons. The van der Waals surface area contributed by atoms with E-state index in [-0.39, 0.29) is 12.5 Å². The van der Waals surface area contributed by atoms with Crippen LogP contribution >= 0.6 is 0 Å². The van der Waals surface area contributed by atoms with Crippen molar-refractivity contribution < 1.29 is 23.0 Å². The van der Waals surface area contributed by atoms with E-state index >= 15 is 0 Å². The van der Waals surface area contributed by atoms with Gasteiger partial charge in [0, 0.05) is 6.61 Å². The molecule has 1 aliphatic heterocycles. The maximum absolute atomic E-state index is 11.9. The first-order valence-electron chi connectivity index (χ1n) is 4.86. The predicted octanol–water partition coefficient (Wildman–Crippen LogP) is 2.26. The minimum Gasteiger partial charge on any atom is -0.384 e. The van der Waals surface area contributed by atoms with Crippen molar-refractivity contribution in [3.05, 3.63) is 0 Å². The van der Waals surface area contributed by atoms with Crippen LogP contribution in [-0.4, -0.2) is 30.1 Å². The van der Waals surface area contributed by atoms with Crippen LogP contribution in [0.5, 0.6) is 0 Å². The van der Waals surface area contributed by atoms with Gasteiger partial charge in [0.25, 0.3) is 0 Å². The summed E-state index contributed by atoms with van der Waals surface area (Å²) in [5.41, 5.74) is 0. The van der Waals surface area contributed by atoms with Crippen LogP contribution in [-0.2, 0) is 4.74 Å². The molecule has 2 unspecified atom stereocenters. The van der Waals surface area contributed by atoms with Crippen LogP contribution in [0.2, 0.25) is 0 Å². The summed E-state index contributed by atoms with van der Waals surface area (Å²) in [6.45, 7) is 0.715. The van der Waals surface area contributed by atoms with Crippen molar-refractivity contribution >= 4 is 0 Å². The van der Waals surface area contributed by atoms with Gasteiger partial charge >= 0.3 is 6.18 Å². The molecule has 0 aromatic heterocycles. The summed E-state index contributed by atoms with van der Waals surface area (Å²) >= 11 is 0. The van der Waals surface area contributed by atoms with Gasteiger partial charge in [-0.1, -0.05) is 0 Å². The maximum Gasteiger partial charge on any atom is 0.414 e. The molecule has 2 nitrogen and oxygen atoms in total. The summed E-state index contributed by atoms with van der Waals surface area (Å²) in [7, 11) is 0. The van der Waals surface area contributed by atoms with Gasteiger partial charge in [0.15, 0.2) is 0 Å². The molecule has 1 heterocycles. The van der Waals surface area contributed by atoms with E-state index in [1.54, 1.807) is 0 Å². The van der Waals surface area contributed by atoms with Crippen molar-refractivity contribution in [3.63, 3.8) is 0 Å². The van der Waals surface area contributed by atoms with Crippen LogP contribution in [0.1, 0.15) is 32.1 Å². The average Bonchev–Trinajstić information content (AvgIpc) is 2.55. The number of rotatable bonds is 4. The highest BCUT2D eigenvalue weighted by atomic mass is 19.4. The Morgan fingerprint density at radius 1 is 1.43 bits per heavy atom. The summed E-state index contributed by atoms with van der Waals surface area (Å²) in [5.74, 6) is 0. The van der Waals surface area contributed by atoms with Crippen LogP contribution in [0.3, 0.4) is 0 Å². The van der Waals surface area contributed by atoms with Crippen molar-refractivity contribution in [2.75, 3.05) is 6.61 Å². The van der Waals surface area contributed by atoms with Gasteiger partial charge in [0.1, 0.15) is 6.10 Å². The number of hydrogen-bond acceptors (Lipinski definition) is 2. The molecule has 0 bridgehead atoms. The lowest BCUT2D eigenvalue weighted by Gasteiger charge is -2.15. The molecule has 0 aromatic rings. The quantitative estimate of drug-likeness (QED) is 0.774. The molecule has 1 fully saturated rings. The molecule has 1 rings (SSSR count). The fraction of sp³-hybridized carbons (Fsp3) is 1.00. The summed E-state index contributed by atoms with van der Waals surface area (Å²) in [5, 5.41) is 8.69. The van der Waals surface area contributed by atoms with Crippen molar-refractivity contribution in [3.8, 4) is 0 Å². The Kier molecular flexibility index (Phi) is 4.19. The van der Waals surface area contributed by atoms with E-state index in [1.807, 2.05) is 0 Å². The van der Waals surface area contributed by atoms with Crippen molar-refractivity contribution in [2.45, 2.75) is 50.5 Å². The Hall–Kier alpha value is -0.290. The highest BCUT2D eigenvalue weighted by Gasteiger charge is 2.37. The van der Waals surface area contributed by atoms with Crippen LogP contribution in [0, 0.1) is 0 Å². The van der Waals surface area contributed by atoms with E-state index in [0.717, 1.165) is 12.8 Å². The van der Waals surface area contributed by atoms with Crippen LogP contribution < -0.4 is 0 Å². The molecule has 0 spiro atoms. The Balaban J connectivity index is 2.08. The van der Waals surface area contributed by atoms with Crippen molar-refractivity contribution in [1.82, 2.24) is 0 Å². The topological polar surface area (TPSA) is 29.5 Å². The summed E-state index contributed by atoms with van der Waals surface area (Å²) in [4.78, 5) is 0. The molecular formula is C9H15F3O2. The Morgan fingerprint density at radius 2 is 2.14 bits per heavy atom. The van der Waals surface area contributed by atoms with Crippen molar-refractivity contribution in [2.24, 2.45) is 0 Å². The largest absolute Gasteiger partial charge is 0.414 e. The standard InChI is InChI=1S/C9H15F3O2/c10-9(11,12)8(13)5-1-3-7-4-2-6-14-7/h7-8,13H,1-6H2. The van der Waals surface area contributed by atoms with Gasteiger partial charge < -0.3 is 9.84 Å². The third-order valence-corrected chi connectivity index (χ3v) is 2.41. The zero-order valence-electron chi connectivity index (χ0n) is 7.89. The minimum absolute atomic E-state index is 0.107. The number of ether oxygens (including phenoxy) is 1. The summed E-state index contributed by atoms with van der Waals surface area (Å²) < 4.78 is 40.9. The number of alkyl halides is 3. The average molecular weight is 212 g/mol. The molecule has 0 saturated carbocycles. The fourth-order valence-electron chi connectivity index (χ4n) is 1.57. The van der Waals surface area contributed by atoms with Gasteiger partial charge in [0.05, 0.1) is 6.10 Å². The predicted molar refractivity (Wildman–Crippen MR) is 44.9 cm³/mol. The van der Waals surface area contributed by atoms with Gasteiger partial charge in [-0.3, -0.25) is 0 Å². The monoisotopic (exact) mass is 212 g/mol. The van der Waals surface area contributed by atoms with Gasteiger partial charge in [-0.2, -0.15) is 13.2 Å². The van der Waals surface area contributed by atoms with E-state index in [0.29, 0.717) is 19.4 Å². The second kappa shape index (κ2) is 4.98. The molecule has 2 atom stereocenters. The lowest BCUT2D eigenvalue weighted by molar-refractivity contribution is -0.205. The first-order chi connectivity index (χ1) is 6.50. The van der Waals surface area contributed by atoms with Gasteiger partial charge in [-0.05, 0) is 32.1 Å². The molecule has 0 amide bonds. The molecule has 1 saturated heterocycles. The van der Waals surface area contributed by atoms with Crippen molar-refractivity contribution in [1.29, 1.82) is 0 Å². The van der Waals surface area contributed by atoms with E-state index in [4.69, 9.17) is 9.84 Å². The van der Waals surface area contributed by atoms with E-state index < -0.39 is 12.3 Å². The first kappa shape index (κ1) is 11.8. The zero-order valence-corrected chi connectivity index (χ0v) is 7.89. The summed E-state index contributed by atoms with van der Waals surface area (Å²) in [6, 6.07) is 0. The molecule has 1 aliphatic rings. The summed E-state index contributed by atoms with van der Waals surface area (Å²) in [6.07, 6.45) is -3.85. The number of halogens is 3. The fourth-order valence-corrected chi connectivity index (χ4v) is 1.57. The molecule has 5 heteroatoms. The SMILES string of the molecule is OC(CCCC1CCCO1)C(F)(F)F. The Morgan fingerprint density at radius 3 is 2.64 bits per heavy atom. The number of aliphatic hydroxyl groups is 1. The van der Waals surface area contributed by atoms with Gasteiger partial charge in [-0.15, -0.1) is 0 Å². The van der Waals surface area contributed by atoms with Crippen LogP contribution in [0.15, 0.2) is 0 Å². The molecule has 1 N–H and O–H groups in total. The van der Waals surface area contributed by atoms with E-state index in [1.165, 1.54) is 0 Å². The molecule has 0 aromatic carbocycles. The molecule has 84 valence electrons. The van der Waals surface area contributed by atoms with E-state index in [2.05, 4.69) is 0 Å². The van der Waals surface area contributed by atoms with Crippen LogP contribution in [0.25, 0.3) is 0 Å². The molecular weight excluding hydrogens is 197 g/mol. The first-order valence-corrected chi connectivity index (χ1v) is 4.86. The third-order valence-electron chi connectivity index (χ3n) is 2.41. The smallest absolute Gasteiger partial charge is 0.384 e. The second-order valence-corrected chi connectivity index (χ2v) is 3.62. The lowest BCUT2D eigenvalue weighted by Crippen LogP contribution is -2.28. The highest BCUT2D eigenvalue weighted by Crippen LogP contribution is 2.25. The molecule has 0 aliphatic carbocycles.